The first-order valence-electron chi connectivity index (χ1n) is 6.80. The molecule has 98 valence electrons. The molecule has 1 heterocycles. The van der Waals surface area contributed by atoms with Crippen LogP contribution in [0.3, 0.4) is 0 Å². The van der Waals surface area contributed by atoms with Crippen molar-refractivity contribution in [3.63, 3.8) is 0 Å². The van der Waals surface area contributed by atoms with Crippen molar-refractivity contribution < 1.29 is 0 Å². The molecule has 0 spiro atoms. The Morgan fingerprint density at radius 2 is 1.67 bits per heavy atom. The second kappa shape index (κ2) is 4.75. The molecule has 0 saturated heterocycles. The average Bonchev–Trinajstić information content (AvgIpc) is 3.16. The van der Waals surface area contributed by atoms with Gasteiger partial charge in [-0.15, -0.1) is 0 Å². The first-order valence-corrected chi connectivity index (χ1v) is 7.98. The highest BCUT2D eigenvalue weighted by Crippen LogP contribution is 2.54. The van der Waals surface area contributed by atoms with E-state index in [1.807, 2.05) is 0 Å². The molecule has 0 N–H and O–H groups in total. The van der Waals surface area contributed by atoms with Gasteiger partial charge in [0.25, 0.3) is 0 Å². The first kappa shape index (κ1) is 12.9. The summed E-state index contributed by atoms with van der Waals surface area (Å²) in [4.78, 5) is 9.36. The quantitative estimate of drug-likeness (QED) is 0.733. The van der Waals surface area contributed by atoms with Crippen LogP contribution in [0.1, 0.15) is 62.9 Å². The van der Waals surface area contributed by atoms with E-state index in [0.29, 0.717) is 17.0 Å². The van der Waals surface area contributed by atoms with E-state index in [-0.39, 0.29) is 0 Å². The maximum Gasteiger partial charge on any atom is 0.147 e. The second-order valence-corrected chi connectivity index (χ2v) is 7.08. The zero-order chi connectivity index (χ0) is 12.9. The van der Waals surface area contributed by atoms with Crippen molar-refractivity contribution in [1.29, 1.82) is 0 Å². The van der Waals surface area contributed by atoms with Gasteiger partial charge in [-0.1, -0.05) is 25.4 Å². The fourth-order valence-corrected chi connectivity index (χ4v) is 3.52. The molecular weight excluding hydrogens is 312 g/mol. The summed E-state index contributed by atoms with van der Waals surface area (Å²) < 4.78 is 0.869. The maximum atomic E-state index is 6.26. The van der Waals surface area contributed by atoms with E-state index in [0.717, 1.165) is 27.8 Å². The second-order valence-electron chi connectivity index (χ2n) is 5.93. The summed E-state index contributed by atoms with van der Waals surface area (Å²) in [6.45, 7) is 4.30. The fourth-order valence-electron chi connectivity index (χ4n) is 2.70. The Labute approximate surface area is 122 Å². The summed E-state index contributed by atoms with van der Waals surface area (Å²) in [6, 6.07) is 0. The van der Waals surface area contributed by atoms with E-state index in [2.05, 4.69) is 34.8 Å². The molecule has 4 heteroatoms. The van der Waals surface area contributed by atoms with Crippen LogP contribution in [0.4, 0.5) is 0 Å². The number of halogens is 2. The molecule has 0 aliphatic heterocycles. The Morgan fingerprint density at radius 3 is 2.11 bits per heavy atom. The molecule has 3 rings (SSSR count). The summed E-state index contributed by atoms with van der Waals surface area (Å²) in [6.07, 6.45) is 5.37. The smallest absolute Gasteiger partial charge is 0.147 e. The molecule has 2 fully saturated rings. The van der Waals surface area contributed by atoms with E-state index in [1.54, 1.807) is 0 Å². The molecule has 0 amide bonds. The highest BCUT2D eigenvalue weighted by Gasteiger charge is 2.44. The number of hydrogen-bond acceptors (Lipinski definition) is 2. The molecule has 0 bridgehead atoms. The highest BCUT2D eigenvalue weighted by molar-refractivity contribution is 9.10. The molecule has 1 aromatic rings. The standard InChI is InChI=1S/C14H18BrClN2/c1-7(2)12-11(15)13(16)18-14(17-12)10(8-3-4-8)9-5-6-9/h7-10H,3-6H2,1-2H3. The predicted octanol–water partition coefficient (Wildman–Crippen LogP) is 4.92. The van der Waals surface area contributed by atoms with E-state index in [1.165, 1.54) is 25.7 Å². The normalized spacial score (nSPS) is 19.9. The van der Waals surface area contributed by atoms with Gasteiger partial charge in [0.15, 0.2) is 0 Å². The van der Waals surface area contributed by atoms with E-state index in [9.17, 15) is 0 Å². The number of rotatable bonds is 4. The molecule has 1 aromatic heterocycles. The van der Waals surface area contributed by atoms with Gasteiger partial charge in [0, 0.05) is 5.92 Å². The van der Waals surface area contributed by atoms with Crippen LogP contribution < -0.4 is 0 Å². The molecule has 2 saturated carbocycles. The lowest BCUT2D eigenvalue weighted by Gasteiger charge is -2.17. The Bertz CT molecular complexity index is 455. The van der Waals surface area contributed by atoms with Crippen LogP contribution in [-0.4, -0.2) is 9.97 Å². The number of hydrogen-bond donors (Lipinski definition) is 0. The molecule has 0 radical (unpaired) electrons. The zero-order valence-electron chi connectivity index (χ0n) is 10.8. The molecule has 18 heavy (non-hydrogen) atoms. The summed E-state index contributed by atoms with van der Waals surface area (Å²) in [5.41, 5.74) is 1.05. The molecule has 0 unspecified atom stereocenters. The van der Waals surface area contributed by atoms with E-state index < -0.39 is 0 Å². The summed E-state index contributed by atoms with van der Waals surface area (Å²) in [5, 5.41) is 0.579. The van der Waals surface area contributed by atoms with Crippen LogP contribution in [0.25, 0.3) is 0 Å². The molecule has 2 nitrogen and oxygen atoms in total. The van der Waals surface area contributed by atoms with Gasteiger partial charge in [0.2, 0.25) is 0 Å². The highest BCUT2D eigenvalue weighted by atomic mass is 79.9. The monoisotopic (exact) mass is 328 g/mol. The Morgan fingerprint density at radius 1 is 1.11 bits per heavy atom. The van der Waals surface area contributed by atoms with Gasteiger partial charge >= 0.3 is 0 Å². The van der Waals surface area contributed by atoms with Crippen LogP contribution >= 0.6 is 27.5 Å². The van der Waals surface area contributed by atoms with Gasteiger partial charge in [-0.05, 0) is 59.4 Å². The van der Waals surface area contributed by atoms with Crippen molar-refractivity contribution in [1.82, 2.24) is 9.97 Å². The van der Waals surface area contributed by atoms with Gasteiger partial charge < -0.3 is 0 Å². The summed E-state index contributed by atoms with van der Waals surface area (Å²) in [5.74, 6) is 3.56. The van der Waals surface area contributed by atoms with Crippen LogP contribution in [0.15, 0.2) is 4.47 Å². The molecule has 2 aliphatic rings. The summed E-state index contributed by atoms with van der Waals surface area (Å²) in [7, 11) is 0. The largest absolute Gasteiger partial charge is 0.236 e. The molecule has 2 aliphatic carbocycles. The van der Waals surface area contributed by atoms with Gasteiger partial charge in [0.05, 0.1) is 10.2 Å². The van der Waals surface area contributed by atoms with Crippen molar-refractivity contribution in [2.45, 2.75) is 51.4 Å². The Hall–Kier alpha value is -0.150. The van der Waals surface area contributed by atoms with Crippen LogP contribution in [-0.2, 0) is 0 Å². The lowest BCUT2D eigenvalue weighted by atomic mass is 9.96. The van der Waals surface area contributed by atoms with Crippen molar-refractivity contribution in [2.75, 3.05) is 0 Å². The Balaban J connectivity index is 2.00. The maximum absolute atomic E-state index is 6.26. The van der Waals surface area contributed by atoms with Crippen LogP contribution in [0, 0.1) is 11.8 Å². The SMILES string of the molecule is CC(C)c1nc(C(C2CC2)C2CC2)nc(Cl)c1Br. The third kappa shape index (κ3) is 2.44. The zero-order valence-corrected chi connectivity index (χ0v) is 13.1. The van der Waals surface area contributed by atoms with Crippen molar-refractivity contribution >= 4 is 27.5 Å². The number of nitrogens with zero attached hydrogens (tertiary/aromatic N) is 2. The first-order chi connectivity index (χ1) is 8.58. The minimum absolute atomic E-state index is 0.373. The van der Waals surface area contributed by atoms with Crippen molar-refractivity contribution in [3.05, 3.63) is 21.1 Å². The van der Waals surface area contributed by atoms with Gasteiger partial charge in [0.1, 0.15) is 11.0 Å². The molecular formula is C14H18BrClN2. The lowest BCUT2D eigenvalue weighted by molar-refractivity contribution is 0.504. The van der Waals surface area contributed by atoms with Crippen LogP contribution in [0.2, 0.25) is 5.15 Å². The Kier molecular flexibility index (Phi) is 3.39. The lowest BCUT2D eigenvalue weighted by Crippen LogP contribution is -2.12. The van der Waals surface area contributed by atoms with Gasteiger partial charge in [-0.25, -0.2) is 9.97 Å². The van der Waals surface area contributed by atoms with Crippen molar-refractivity contribution in [3.8, 4) is 0 Å². The minimum atomic E-state index is 0.373. The van der Waals surface area contributed by atoms with Gasteiger partial charge in [-0.3, -0.25) is 0 Å². The minimum Gasteiger partial charge on any atom is -0.236 e. The predicted molar refractivity (Wildman–Crippen MR) is 77.0 cm³/mol. The fraction of sp³-hybridized carbons (Fsp3) is 0.714. The van der Waals surface area contributed by atoms with E-state index >= 15 is 0 Å². The molecule has 0 aromatic carbocycles. The van der Waals surface area contributed by atoms with Crippen LogP contribution in [0.5, 0.6) is 0 Å². The third-order valence-electron chi connectivity index (χ3n) is 3.96. The topological polar surface area (TPSA) is 25.8 Å². The van der Waals surface area contributed by atoms with Crippen molar-refractivity contribution in [2.24, 2.45) is 11.8 Å². The average molecular weight is 330 g/mol. The molecule has 0 atom stereocenters. The third-order valence-corrected chi connectivity index (χ3v) is 5.24. The summed E-state index contributed by atoms with van der Waals surface area (Å²) >= 11 is 9.77. The van der Waals surface area contributed by atoms with Gasteiger partial charge in [-0.2, -0.15) is 0 Å². The number of aromatic nitrogens is 2. The van der Waals surface area contributed by atoms with E-state index in [4.69, 9.17) is 16.6 Å².